The van der Waals surface area contributed by atoms with Gasteiger partial charge in [-0.25, -0.2) is 4.79 Å². The van der Waals surface area contributed by atoms with Crippen LogP contribution in [0, 0.1) is 27.7 Å². The topological polar surface area (TPSA) is 114 Å². The number of aliphatic hydroxyl groups excluding tert-OH is 1. The van der Waals surface area contributed by atoms with Crippen molar-refractivity contribution in [2.24, 2.45) is 0 Å². The summed E-state index contributed by atoms with van der Waals surface area (Å²) in [4.78, 5) is 15.8. The lowest BCUT2D eigenvalue weighted by atomic mass is 10.2. The van der Waals surface area contributed by atoms with Crippen molar-refractivity contribution in [3.05, 3.63) is 46.4 Å². The molecule has 3 aromatic heterocycles. The molecule has 0 aliphatic carbocycles. The second-order valence-corrected chi connectivity index (χ2v) is 7.02. The number of hydrogen-bond donors (Lipinski definition) is 1. The molecule has 10 nitrogen and oxygen atoms in total. The Morgan fingerprint density at radius 2 is 1.68 bits per heavy atom. The molecular formula is C18H22N6O4. The quantitative estimate of drug-likeness (QED) is 0.712. The fourth-order valence-electron chi connectivity index (χ4n) is 3.42. The van der Waals surface area contributed by atoms with E-state index < -0.39 is 6.23 Å². The summed E-state index contributed by atoms with van der Waals surface area (Å²) >= 11 is 0. The summed E-state index contributed by atoms with van der Waals surface area (Å²) < 4.78 is 12.0. The first-order valence-corrected chi connectivity index (χ1v) is 8.97. The van der Waals surface area contributed by atoms with Gasteiger partial charge in [0.05, 0.1) is 42.9 Å². The maximum absolute atomic E-state index is 12.9. The molecule has 4 rings (SSSR count). The number of carbonyl (C=O) groups excluding carboxylic acids is 1. The van der Waals surface area contributed by atoms with E-state index in [0.29, 0.717) is 24.5 Å². The van der Waals surface area contributed by atoms with Crippen LogP contribution in [-0.2, 0) is 13.1 Å². The van der Waals surface area contributed by atoms with Gasteiger partial charge in [-0.05, 0) is 27.7 Å². The molecule has 0 aromatic carbocycles. The molecule has 1 unspecified atom stereocenters. The minimum absolute atomic E-state index is 0.192. The number of β-amino-alcohol motifs (C(OH)–C–C–N with tert-alkyl or cyclic N) is 1. The van der Waals surface area contributed by atoms with Crippen LogP contribution in [0.2, 0.25) is 0 Å². The molecule has 1 fully saturated rings. The number of carbonyl (C=O) groups is 1. The minimum atomic E-state index is -0.954. The van der Waals surface area contributed by atoms with Crippen molar-refractivity contribution in [1.82, 2.24) is 25.0 Å². The number of anilines is 1. The Kier molecular flexibility index (Phi) is 4.42. The monoisotopic (exact) mass is 386 g/mol. The molecule has 0 saturated carbocycles. The third-order valence-electron chi connectivity index (χ3n) is 5.09. The first-order valence-electron chi connectivity index (χ1n) is 8.97. The van der Waals surface area contributed by atoms with Crippen LogP contribution in [0.3, 0.4) is 0 Å². The molecule has 2 amide bonds. The first kappa shape index (κ1) is 18.2. The van der Waals surface area contributed by atoms with Gasteiger partial charge >= 0.3 is 6.03 Å². The average molecular weight is 386 g/mol. The fraction of sp³-hybridized carbons (Fsp3) is 0.444. The lowest BCUT2D eigenvalue weighted by Gasteiger charge is -2.18. The van der Waals surface area contributed by atoms with E-state index in [1.54, 1.807) is 22.0 Å². The van der Waals surface area contributed by atoms with Crippen molar-refractivity contribution in [1.29, 1.82) is 0 Å². The van der Waals surface area contributed by atoms with Crippen molar-refractivity contribution in [2.45, 2.75) is 47.0 Å². The Hall–Kier alpha value is -3.14. The standard InChI is InChI=1S/C18H22N6O4/c1-10-15(12(3)27-20-10)7-22-9-17(25)24(18(22)26)14-5-19-23(6-14)8-16-11(2)21-28-13(16)4/h5-6,17,25H,7-9H2,1-4H3. The van der Waals surface area contributed by atoms with E-state index in [-0.39, 0.29) is 12.6 Å². The van der Waals surface area contributed by atoms with Gasteiger partial charge in [0.25, 0.3) is 0 Å². The highest BCUT2D eigenvalue weighted by Gasteiger charge is 2.38. The lowest BCUT2D eigenvalue weighted by Crippen LogP contribution is -2.34. The number of hydrogen-bond acceptors (Lipinski definition) is 7. The number of amides is 2. The normalized spacial score (nSPS) is 17.2. The number of aromatic nitrogens is 4. The molecule has 1 saturated heterocycles. The molecule has 10 heteroatoms. The molecule has 4 heterocycles. The largest absolute Gasteiger partial charge is 0.371 e. The average Bonchev–Trinajstić information content (AvgIpc) is 3.38. The van der Waals surface area contributed by atoms with E-state index >= 15 is 0 Å². The summed E-state index contributed by atoms with van der Waals surface area (Å²) in [5.41, 5.74) is 3.88. The number of rotatable bonds is 5. The molecule has 0 spiro atoms. The van der Waals surface area contributed by atoms with E-state index in [1.807, 2.05) is 27.7 Å². The van der Waals surface area contributed by atoms with Crippen LogP contribution in [-0.4, -0.2) is 48.9 Å². The maximum Gasteiger partial charge on any atom is 0.327 e. The molecule has 1 N–H and O–H groups in total. The van der Waals surface area contributed by atoms with Gasteiger partial charge in [-0.3, -0.25) is 9.58 Å². The third kappa shape index (κ3) is 3.05. The highest BCUT2D eigenvalue weighted by molar-refractivity contribution is 5.94. The predicted molar refractivity (Wildman–Crippen MR) is 97.6 cm³/mol. The zero-order valence-corrected chi connectivity index (χ0v) is 16.2. The number of aryl methyl sites for hydroxylation is 4. The Bertz CT molecular complexity index is 980. The van der Waals surface area contributed by atoms with Gasteiger partial charge in [0.2, 0.25) is 0 Å². The van der Waals surface area contributed by atoms with Crippen LogP contribution in [0.25, 0.3) is 0 Å². The zero-order valence-electron chi connectivity index (χ0n) is 16.2. The van der Waals surface area contributed by atoms with Gasteiger partial charge in [0.1, 0.15) is 11.5 Å². The summed E-state index contributed by atoms with van der Waals surface area (Å²) in [6.07, 6.45) is 2.34. The lowest BCUT2D eigenvalue weighted by molar-refractivity contribution is 0.175. The summed E-state index contributed by atoms with van der Waals surface area (Å²) in [6, 6.07) is -0.288. The van der Waals surface area contributed by atoms with E-state index in [4.69, 9.17) is 9.05 Å². The van der Waals surface area contributed by atoms with Gasteiger partial charge < -0.3 is 19.1 Å². The molecular weight excluding hydrogens is 364 g/mol. The highest BCUT2D eigenvalue weighted by Crippen LogP contribution is 2.26. The Labute approximate surface area is 161 Å². The van der Waals surface area contributed by atoms with Crippen molar-refractivity contribution in [3.8, 4) is 0 Å². The molecule has 1 aliphatic rings. The SMILES string of the molecule is Cc1noc(C)c1CN1CC(O)N(c2cnn(Cc3c(C)noc3C)c2)C1=O. The number of urea groups is 1. The Balaban J connectivity index is 1.52. The van der Waals surface area contributed by atoms with Crippen LogP contribution in [0.15, 0.2) is 21.4 Å². The molecule has 0 radical (unpaired) electrons. The van der Waals surface area contributed by atoms with Crippen LogP contribution in [0.5, 0.6) is 0 Å². The maximum atomic E-state index is 12.9. The molecule has 1 aliphatic heterocycles. The summed E-state index contributed by atoms with van der Waals surface area (Å²) in [6.45, 7) is 8.36. The first-order chi connectivity index (χ1) is 13.3. The predicted octanol–water partition coefficient (Wildman–Crippen LogP) is 1.90. The van der Waals surface area contributed by atoms with Gasteiger partial charge in [-0.2, -0.15) is 5.10 Å². The smallest absolute Gasteiger partial charge is 0.327 e. The molecule has 28 heavy (non-hydrogen) atoms. The van der Waals surface area contributed by atoms with Gasteiger partial charge in [-0.1, -0.05) is 10.3 Å². The Morgan fingerprint density at radius 1 is 1.07 bits per heavy atom. The van der Waals surface area contributed by atoms with E-state index in [9.17, 15) is 9.90 Å². The van der Waals surface area contributed by atoms with Crippen LogP contribution >= 0.6 is 0 Å². The van der Waals surface area contributed by atoms with Gasteiger partial charge in [0, 0.05) is 17.3 Å². The summed E-state index contributed by atoms with van der Waals surface area (Å²) in [5.74, 6) is 1.41. The van der Waals surface area contributed by atoms with Crippen LogP contribution in [0.4, 0.5) is 10.5 Å². The van der Waals surface area contributed by atoms with Gasteiger partial charge in [0.15, 0.2) is 6.23 Å². The van der Waals surface area contributed by atoms with Crippen LogP contribution < -0.4 is 4.90 Å². The summed E-state index contributed by atoms with van der Waals surface area (Å²) in [7, 11) is 0. The molecule has 1 atom stereocenters. The van der Waals surface area contributed by atoms with Gasteiger partial charge in [-0.15, -0.1) is 0 Å². The number of aliphatic hydroxyl groups is 1. The van der Waals surface area contributed by atoms with Crippen molar-refractivity contribution >= 4 is 11.7 Å². The van der Waals surface area contributed by atoms with Crippen molar-refractivity contribution in [3.63, 3.8) is 0 Å². The summed E-state index contributed by atoms with van der Waals surface area (Å²) in [5, 5.41) is 22.6. The molecule has 3 aromatic rings. The number of nitrogens with zero attached hydrogens (tertiary/aromatic N) is 6. The van der Waals surface area contributed by atoms with Crippen molar-refractivity contribution < 1.29 is 18.9 Å². The molecule has 0 bridgehead atoms. The van der Waals surface area contributed by atoms with E-state index in [1.165, 1.54) is 4.90 Å². The van der Waals surface area contributed by atoms with E-state index in [0.717, 1.165) is 28.3 Å². The highest BCUT2D eigenvalue weighted by atomic mass is 16.5. The van der Waals surface area contributed by atoms with E-state index in [2.05, 4.69) is 15.4 Å². The second-order valence-electron chi connectivity index (χ2n) is 7.02. The zero-order chi connectivity index (χ0) is 20.0. The van der Waals surface area contributed by atoms with Crippen molar-refractivity contribution in [2.75, 3.05) is 11.4 Å². The fourth-order valence-corrected chi connectivity index (χ4v) is 3.42. The Morgan fingerprint density at radius 3 is 2.25 bits per heavy atom. The third-order valence-corrected chi connectivity index (χ3v) is 5.09. The molecule has 148 valence electrons. The van der Waals surface area contributed by atoms with Crippen LogP contribution in [0.1, 0.15) is 34.0 Å². The minimum Gasteiger partial charge on any atom is -0.371 e. The second kappa shape index (κ2) is 6.79.